The third-order valence-corrected chi connectivity index (χ3v) is 6.42. The number of nitrogens with zero attached hydrogens (tertiary/aromatic N) is 1. The number of amides is 2. The smallest absolute Gasteiger partial charge is 0.262 e. The predicted octanol–water partition coefficient (Wildman–Crippen LogP) is 3.06. The number of thiazole rings is 1. The molecule has 0 aliphatic carbocycles. The van der Waals surface area contributed by atoms with Gasteiger partial charge in [-0.25, -0.2) is 4.98 Å². The molecule has 1 atom stereocenters. The number of aromatic nitrogens is 1. The molecule has 0 radical (unpaired) electrons. The molecule has 2 aromatic heterocycles. The number of thiophene rings is 1. The van der Waals surface area contributed by atoms with Crippen molar-refractivity contribution in [2.45, 2.75) is 38.6 Å². The molecule has 140 valence electrons. The number of piperidine rings is 1. The van der Waals surface area contributed by atoms with Gasteiger partial charge in [0.1, 0.15) is 6.04 Å². The van der Waals surface area contributed by atoms with Crippen LogP contribution in [0.2, 0.25) is 0 Å². The first kappa shape index (κ1) is 19.0. The van der Waals surface area contributed by atoms with E-state index < -0.39 is 6.04 Å². The number of hydrogen-bond acceptors (Lipinski definition) is 6. The summed E-state index contributed by atoms with van der Waals surface area (Å²) in [4.78, 5) is 31.1. The monoisotopic (exact) mass is 392 g/mol. The summed E-state index contributed by atoms with van der Waals surface area (Å²) in [6, 6.07) is 2.97. The van der Waals surface area contributed by atoms with Gasteiger partial charge >= 0.3 is 0 Å². The number of carbonyl (C=O) groups excluding carboxylic acids is 2. The van der Waals surface area contributed by atoms with E-state index in [1.807, 2.05) is 31.5 Å². The Labute approximate surface area is 161 Å². The van der Waals surface area contributed by atoms with Crippen molar-refractivity contribution in [2.24, 2.45) is 5.92 Å². The second-order valence-corrected chi connectivity index (χ2v) is 8.76. The molecule has 2 amide bonds. The Hall–Kier alpha value is -1.77. The lowest BCUT2D eigenvalue weighted by molar-refractivity contribution is -0.118. The molecule has 8 heteroatoms. The molecule has 0 spiro atoms. The predicted molar refractivity (Wildman–Crippen MR) is 106 cm³/mol. The van der Waals surface area contributed by atoms with E-state index in [1.165, 1.54) is 27.6 Å². The SMILES string of the molecule is CC(C)C(NC(=O)c1cccs1)C(=O)Nc1ncc(C2CCNCC2)s1. The van der Waals surface area contributed by atoms with Crippen LogP contribution in [-0.4, -0.2) is 35.9 Å². The number of carbonyl (C=O) groups is 2. The summed E-state index contributed by atoms with van der Waals surface area (Å²) in [6.45, 7) is 5.88. The van der Waals surface area contributed by atoms with Crippen molar-refractivity contribution < 1.29 is 9.59 Å². The van der Waals surface area contributed by atoms with E-state index in [0.29, 0.717) is 15.9 Å². The average Bonchev–Trinajstić information content (AvgIpc) is 3.32. The van der Waals surface area contributed by atoms with Gasteiger partial charge in [0.15, 0.2) is 5.13 Å². The number of anilines is 1. The summed E-state index contributed by atoms with van der Waals surface area (Å²) < 4.78 is 0. The van der Waals surface area contributed by atoms with E-state index in [0.717, 1.165) is 25.9 Å². The fraction of sp³-hybridized carbons (Fsp3) is 0.500. The van der Waals surface area contributed by atoms with Crippen LogP contribution in [0.15, 0.2) is 23.7 Å². The molecule has 1 unspecified atom stereocenters. The average molecular weight is 393 g/mol. The van der Waals surface area contributed by atoms with Crippen LogP contribution in [-0.2, 0) is 4.79 Å². The van der Waals surface area contributed by atoms with E-state index in [2.05, 4.69) is 20.9 Å². The summed E-state index contributed by atoms with van der Waals surface area (Å²) in [5.74, 6) is 0.0427. The van der Waals surface area contributed by atoms with Gasteiger partial charge in [0.25, 0.3) is 5.91 Å². The summed E-state index contributed by atoms with van der Waals surface area (Å²) >= 11 is 2.89. The van der Waals surface area contributed by atoms with Crippen LogP contribution >= 0.6 is 22.7 Å². The van der Waals surface area contributed by atoms with Crippen LogP contribution in [0.5, 0.6) is 0 Å². The first-order chi connectivity index (χ1) is 12.5. The number of rotatable bonds is 6. The van der Waals surface area contributed by atoms with Crippen LogP contribution in [0.25, 0.3) is 0 Å². The minimum absolute atomic E-state index is 0.0252. The Bertz CT molecular complexity index is 736. The van der Waals surface area contributed by atoms with Crippen molar-refractivity contribution in [1.29, 1.82) is 0 Å². The summed E-state index contributed by atoms with van der Waals surface area (Å²) in [5, 5.41) is 11.5. The van der Waals surface area contributed by atoms with Crippen LogP contribution in [0.1, 0.15) is 47.2 Å². The molecule has 2 aromatic rings. The molecular formula is C18H24N4O2S2. The summed E-state index contributed by atoms with van der Waals surface area (Å²) in [7, 11) is 0. The maximum absolute atomic E-state index is 12.7. The van der Waals surface area contributed by atoms with Gasteiger partial charge in [-0.1, -0.05) is 19.9 Å². The highest BCUT2D eigenvalue weighted by Gasteiger charge is 2.26. The molecule has 1 aliphatic heterocycles. The van der Waals surface area contributed by atoms with Crippen LogP contribution in [0.4, 0.5) is 5.13 Å². The topological polar surface area (TPSA) is 83.1 Å². The van der Waals surface area contributed by atoms with E-state index in [1.54, 1.807) is 6.07 Å². The zero-order valence-electron chi connectivity index (χ0n) is 15.0. The highest BCUT2D eigenvalue weighted by Crippen LogP contribution is 2.31. The molecule has 0 bridgehead atoms. The van der Waals surface area contributed by atoms with Gasteiger partial charge in [0.2, 0.25) is 5.91 Å². The quantitative estimate of drug-likeness (QED) is 0.705. The zero-order chi connectivity index (χ0) is 18.5. The van der Waals surface area contributed by atoms with Crippen molar-refractivity contribution in [2.75, 3.05) is 18.4 Å². The molecule has 1 aliphatic rings. The molecule has 0 saturated carbocycles. The van der Waals surface area contributed by atoms with Gasteiger partial charge < -0.3 is 16.0 Å². The van der Waals surface area contributed by atoms with Crippen molar-refractivity contribution in [3.63, 3.8) is 0 Å². The second-order valence-electron chi connectivity index (χ2n) is 6.75. The molecule has 6 nitrogen and oxygen atoms in total. The third-order valence-electron chi connectivity index (χ3n) is 4.48. The zero-order valence-corrected chi connectivity index (χ0v) is 16.6. The first-order valence-corrected chi connectivity index (χ1v) is 10.6. The lowest BCUT2D eigenvalue weighted by Crippen LogP contribution is -2.46. The van der Waals surface area contributed by atoms with Crippen molar-refractivity contribution >= 4 is 39.6 Å². The van der Waals surface area contributed by atoms with Gasteiger partial charge in [-0.3, -0.25) is 9.59 Å². The van der Waals surface area contributed by atoms with E-state index in [9.17, 15) is 9.59 Å². The Morgan fingerprint density at radius 2 is 2.08 bits per heavy atom. The lowest BCUT2D eigenvalue weighted by atomic mass is 9.97. The Kier molecular flexibility index (Phi) is 6.39. The summed E-state index contributed by atoms with van der Waals surface area (Å²) in [6.07, 6.45) is 4.06. The molecule has 3 heterocycles. The van der Waals surface area contributed by atoms with E-state index in [4.69, 9.17) is 0 Å². The number of hydrogen-bond donors (Lipinski definition) is 3. The van der Waals surface area contributed by atoms with Crippen LogP contribution < -0.4 is 16.0 Å². The molecule has 3 rings (SSSR count). The molecule has 1 fully saturated rings. The van der Waals surface area contributed by atoms with Crippen LogP contribution in [0.3, 0.4) is 0 Å². The fourth-order valence-corrected chi connectivity index (χ4v) is 4.59. The fourth-order valence-electron chi connectivity index (χ4n) is 2.98. The highest BCUT2D eigenvalue weighted by atomic mass is 32.1. The number of nitrogens with one attached hydrogen (secondary N) is 3. The molecular weight excluding hydrogens is 368 g/mol. The highest BCUT2D eigenvalue weighted by molar-refractivity contribution is 7.15. The standard InChI is InChI=1S/C18H24N4O2S2/c1-11(2)15(21-16(23)13-4-3-9-25-13)17(24)22-18-20-10-14(26-18)12-5-7-19-8-6-12/h3-4,9-12,15,19H,5-8H2,1-2H3,(H,21,23)(H,20,22,24). The van der Waals surface area contributed by atoms with Crippen molar-refractivity contribution in [1.82, 2.24) is 15.6 Å². The van der Waals surface area contributed by atoms with Crippen LogP contribution in [0, 0.1) is 5.92 Å². The minimum Gasteiger partial charge on any atom is -0.339 e. The Balaban J connectivity index is 1.62. The molecule has 1 saturated heterocycles. The maximum atomic E-state index is 12.7. The first-order valence-electron chi connectivity index (χ1n) is 8.86. The minimum atomic E-state index is -0.601. The Morgan fingerprint density at radius 1 is 1.31 bits per heavy atom. The Morgan fingerprint density at radius 3 is 2.73 bits per heavy atom. The van der Waals surface area contributed by atoms with E-state index >= 15 is 0 Å². The van der Waals surface area contributed by atoms with Gasteiger partial charge in [-0.15, -0.1) is 22.7 Å². The third kappa shape index (κ3) is 4.69. The van der Waals surface area contributed by atoms with Crippen molar-refractivity contribution in [3.8, 4) is 0 Å². The van der Waals surface area contributed by atoms with Crippen molar-refractivity contribution in [3.05, 3.63) is 33.5 Å². The maximum Gasteiger partial charge on any atom is 0.262 e. The molecule has 26 heavy (non-hydrogen) atoms. The van der Waals surface area contributed by atoms with Gasteiger partial charge in [-0.2, -0.15) is 0 Å². The lowest BCUT2D eigenvalue weighted by Gasteiger charge is -2.21. The second kappa shape index (κ2) is 8.75. The normalized spacial score (nSPS) is 16.4. The van der Waals surface area contributed by atoms with Gasteiger partial charge in [-0.05, 0) is 49.2 Å². The summed E-state index contributed by atoms with van der Waals surface area (Å²) in [5.41, 5.74) is 0. The largest absolute Gasteiger partial charge is 0.339 e. The van der Waals surface area contributed by atoms with Gasteiger partial charge in [0, 0.05) is 11.1 Å². The van der Waals surface area contributed by atoms with Gasteiger partial charge in [0.05, 0.1) is 4.88 Å². The molecule has 3 N–H and O–H groups in total. The molecule has 0 aromatic carbocycles. The van der Waals surface area contributed by atoms with E-state index in [-0.39, 0.29) is 17.7 Å².